The van der Waals surface area contributed by atoms with Crippen molar-refractivity contribution in [2.24, 2.45) is 5.92 Å². The monoisotopic (exact) mass is 647 g/mol. The van der Waals surface area contributed by atoms with Crippen LogP contribution in [0.2, 0.25) is 0 Å². The zero-order valence-electron chi connectivity index (χ0n) is 25.6. The number of carbonyl (C=O) groups is 2. The molecular weight excluding hydrogens is 611 g/mol. The van der Waals surface area contributed by atoms with Gasteiger partial charge in [0.2, 0.25) is 0 Å². The molecule has 9 nitrogen and oxygen atoms in total. The quantitative estimate of drug-likeness (QED) is 0.146. The lowest BCUT2D eigenvalue weighted by Gasteiger charge is -2.41. The van der Waals surface area contributed by atoms with Gasteiger partial charge in [-0.2, -0.15) is 0 Å². The molecule has 0 spiro atoms. The molecule has 0 saturated carbocycles. The van der Waals surface area contributed by atoms with E-state index in [2.05, 4.69) is 28.5 Å². The summed E-state index contributed by atoms with van der Waals surface area (Å²) in [5, 5.41) is 21.7. The lowest BCUT2D eigenvalue weighted by Crippen LogP contribution is -2.38. The smallest absolute Gasteiger partial charge is 0.303 e. The van der Waals surface area contributed by atoms with Gasteiger partial charge in [0.15, 0.2) is 16.7 Å². The van der Waals surface area contributed by atoms with Crippen LogP contribution in [0.3, 0.4) is 0 Å². The minimum absolute atomic E-state index is 0.0125. The maximum atomic E-state index is 12.3. The molecule has 1 fully saturated rings. The number of hydrogen-bond acceptors (Lipinski definition) is 10. The Bertz CT molecular complexity index is 1610. The number of aromatic nitrogens is 2. The highest BCUT2D eigenvalue weighted by Crippen LogP contribution is 2.43. The second-order valence-corrected chi connectivity index (χ2v) is 13.5. The Morgan fingerprint density at radius 3 is 2.42 bits per heavy atom. The van der Waals surface area contributed by atoms with Crippen molar-refractivity contribution in [2.75, 3.05) is 5.75 Å². The highest BCUT2D eigenvalue weighted by molar-refractivity contribution is 8.01. The minimum Gasteiger partial charge on any atom is -0.453 e. The van der Waals surface area contributed by atoms with Crippen LogP contribution in [0.5, 0.6) is 0 Å². The average Bonchev–Trinajstić information content (AvgIpc) is 3.47. The van der Waals surface area contributed by atoms with Gasteiger partial charge in [-0.3, -0.25) is 9.59 Å². The summed E-state index contributed by atoms with van der Waals surface area (Å²) in [4.78, 5) is 23.5. The average molecular weight is 648 g/mol. The summed E-state index contributed by atoms with van der Waals surface area (Å²) in [5.74, 6) is -0.0955. The Hall–Kier alpha value is -3.61. The van der Waals surface area contributed by atoms with E-state index in [-0.39, 0.29) is 30.6 Å². The third-order valence-electron chi connectivity index (χ3n) is 7.60. The van der Waals surface area contributed by atoms with Crippen molar-refractivity contribution in [1.82, 2.24) is 15.5 Å². The molecule has 0 radical (unpaired) electrons. The lowest BCUT2D eigenvalue weighted by molar-refractivity contribution is -0.268. The molecule has 4 aromatic rings. The van der Waals surface area contributed by atoms with Crippen LogP contribution in [0.15, 0.2) is 77.1 Å². The Morgan fingerprint density at radius 1 is 1.00 bits per heavy atom. The predicted molar refractivity (Wildman–Crippen MR) is 173 cm³/mol. The lowest BCUT2D eigenvalue weighted by atomic mass is 9.91. The topological polar surface area (TPSA) is 120 Å². The molecule has 1 saturated heterocycles. The number of aryl methyl sites for hydroxylation is 1. The Labute approximate surface area is 271 Å². The molecule has 236 valence electrons. The number of hydrogen-bond donors (Lipinski definition) is 2. The number of ether oxygens (including phenoxy) is 3. The summed E-state index contributed by atoms with van der Waals surface area (Å²) in [6, 6.07) is 23.9. The predicted octanol–water partition coefficient (Wildman–Crippen LogP) is 6.16. The number of benzene rings is 3. The van der Waals surface area contributed by atoms with E-state index < -0.39 is 18.4 Å². The molecule has 5 rings (SSSR count). The molecule has 0 aliphatic carbocycles. The number of aliphatic hydroxyl groups is 1. The van der Waals surface area contributed by atoms with E-state index in [9.17, 15) is 14.7 Å². The van der Waals surface area contributed by atoms with E-state index in [1.54, 1.807) is 30.0 Å². The van der Waals surface area contributed by atoms with Gasteiger partial charge in [-0.1, -0.05) is 90.7 Å². The summed E-state index contributed by atoms with van der Waals surface area (Å²) < 4.78 is 19.2. The summed E-state index contributed by atoms with van der Waals surface area (Å²) >= 11 is 3.21. The van der Waals surface area contributed by atoms with Gasteiger partial charge in [0.05, 0.1) is 18.8 Å². The van der Waals surface area contributed by atoms with Gasteiger partial charge < -0.3 is 24.6 Å². The molecule has 11 heteroatoms. The fourth-order valence-corrected chi connectivity index (χ4v) is 7.17. The van der Waals surface area contributed by atoms with Gasteiger partial charge in [0.25, 0.3) is 5.91 Å². The van der Waals surface area contributed by atoms with Gasteiger partial charge in [-0.05, 0) is 53.8 Å². The maximum Gasteiger partial charge on any atom is 0.303 e. The SMILES string of the molecule is CC(=O)O[C@@H](C)C(=O)NCc1cccc(-c2cccc([C@@H]3O[C@H](CSc4nnc(C)s4)[C@H](C)[C@H](c4ccc(CO)cc4)O3)c2)c1. The molecular formula is C34H37N3O6S2. The zero-order chi connectivity index (χ0) is 31.9. The summed E-state index contributed by atoms with van der Waals surface area (Å²) in [6.45, 7) is 7.20. The molecule has 1 amide bonds. The van der Waals surface area contributed by atoms with Crippen molar-refractivity contribution in [2.45, 2.75) is 69.8 Å². The molecule has 3 aromatic carbocycles. The first kappa shape index (κ1) is 32.8. The number of carbonyl (C=O) groups excluding carboxylic acids is 2. The third kappa shape index (κ3) is 8.56. The largest absolute Gasteiger partial charge is 0.453 e. The second kappa shape index (κ2) is 15.1. The Kier molecular flexibility index (Phi) is 11.0. The molecule has 1 aliphatic heterocycles. The second-order valence-electron chi connectivity index (χ2n) is 11.0. The van der Waals surface area contributed by atoms with E-state index in [0.717, 1.165) is 42.7 Å². The fourth-order valence-electron chi connectivity index (χ4n) is 5.16. The van der Waals surface area contributed by atoms with Crippen molar-refractivity contribution < 1.29 is 28.9 Å². The van der Waals surface area contributed by atoms with Crippen LogP contribution >= 0.6 is 23.1 Å². The molecule has 45 heavy (non-hydrogen) atoms. The molecule has 5 atom stereocenters. The van der Waals surface area contributed by atoms with Crippen LogP contribution in [0, 0.1) is 12.8 Å². The molecule has 2 heterocycles. The number of rotatable bonds is 11. The van der Waals surface area contributed by atoms with E-state index in [1.807, 2.05) is 73.7 Å². The van der Waals surface area contributed by atoms with E-state index in [1.165, 1.54) is 6.92 Å². The van der Waals surface area contributed by atoms with Crippen molar-refractivity contribution in [3.05, 3.63) is 100 Å². The van der Waals surface area contributed by atoms with Crippen molar-refractivity contribution in [1.29, 1.82) is 0 Å². The maximum absolute atomic E-state index is 12.3. The van der Waals surface area contributed by atoms with Crippen LogP contribution in [0.25, 0.3) is 11.1 Å². The minimum atomic E-state index is -0.860. The fraction of sp³-hybridized carbons (Fsp3) is 0.353. The number of esters is 1. The highest BCUT2D eigenvalue weighted by Gasteiger charge is 2.38. The van der Waals surface area contributed by atoms with Gasteiger partial charge in [-0.15, -0.1) is 10.2 Å². The van der Waals surface area contributed by atoms with Crippen LogP contribution in [0.4, 0.5) is 0 Å². The van der Waals surface area contributed by atoms with Crippen LogP contribution in [0.1, 0.15) is 60.4 Å². The first-order valence-corrected chi connectivity index (χ1v) is 16.6. The van der Waals surface area contributed by atoms with Crippen molar-refractivity contribution in [3.63, 3.8) is 0 Å². The van der Waals surface area contributed by atoms with Gasteiger partial charge in [0, 0.05) is 30.7 Å². The Morgan fingerprint density at radius 2 is 1.73 bits per heavy atom. The number of nitrogens with zero attached hydrogens (tertiary/aromatic N) is 2. The van der Waals surface area contributed by atoms with Crippen molar-refractivity contribution in [3.8, 4) is 11.1 Å². The highest BCUT2D eigenvalue weighted by atomic mass is 32.2. The van der Waals surface area contributed by atoms with Gasteiger partial charge in [0.1, 0.15) is 5.01 Å². The first-order chi connectivity index (χ1) is 21.7. The standard InChI is InChI=1S/C34H37N3O6S2/c1-20-30(19-44-34-37-36-22(3)45-34)42-33(43-31(20)26-13-11-24(18-38)12-14-26)29-10-6-9-28(16-29)27-8-5-7-25(15-27)17-35-32(40)21(2)41-23(4)39/h5-16,20-21,30-31,33,38H,17-19H2,1-4H3,(H,35,40)/t20-,21-,30+,31+,33+/m0/s1. The van der Waals surface area contributed by atoms with E-state index in [0.29, 0.717) is 12.3 Å². The number of amides is 1. The molecule has 2 N–H and O–H groups in total. The molecule has 0 unspecified atom stereocenters. The van der Waals surface area contributed by atoms with Crippen molar-refractivity contribution >= 4 is 35.0 Å². The molecule has 1 aromatic heterocycles. The van der Waals surface area contributed by atoms with E-state index >= 15 is 0 Å². The zero-order valence-corrected chi connectivity index (χ0v) is 27.3. The van der Waals surface area contributed by atoms with Crippen LogP contribution < -0.4 is 5.32 Å². The van der Waals surface area contributed by atoms with Gasteiger partial charge in [-0.25, -0.2) is 0 Å². The Balaban J connectivity index is 1.35. The van der Waals surface area contributed by atoms with Crippen LogP contribution in [-0.2, 0) is 37.0 Å². The summed E-state index contributed by atoms with van der Waals surface area (Å²) in [6.07, 6.45) is -1.80. The van der Waals surface area contributed by atoms with E-state index in [4.69, 9.17) is 14.2 Å². The number of aliphatic hydroxyl groups excluding tert-OH is 1. The van der Waals surface area contributed by atoms with Gasteiger partial charge >= 0.3 is 5.97 Å². The summed E-state index contributed by atoms with van der Waals surface area (Å²) in [7, 11) is 0. The first-order valence-electron chi connectivity index (χ1n) is 14.8. The third-order valence-corrected chi connectivity index (χ3v) is 9.66. The van der Waals surface area contributed by atoms with Crippen LogP contribution in [-0.4, -0.2) is 45.1 Å². The number of nitrogens with one attached hydrogen (secondary N) is 1. The molecule has 1 aliphatic rings. The summed E-state index contributed by atoms with van der Waals surface area (Å²) in [5.41, 5.74) is 5.66. The molecule has 0 bridgehead atoms. The number of thioether (sulfide) groups is 1. The normalized spacial score (nSPS) is 20.4.